The number of carbonyl (C=O) groups is 1. The maximum absolute atomic E-state index is 13.7. The van der Waals surface area contributed by atoms with Crippen LogP contribution in [0.3, 0.4) is 0 Å². The van der Waals surface area contributed by atoms with Gasteiger partial charge in [0.15, 0.2) is 11.6 Å². The van der Waals surface area contributed by atoms with Crippen molar-refractivity contribution >= 4 is 21.8 Å². The van der Waals surface area contributed by atoms with Gasteiger partial charge in [0.25, 0.3) is 10.0 Å². The van der Waals surface area contributed by atoms with Gasteiger partial charge in [0.2, 0.25) is 5.88 Å². The molecule has 0 aliphatic carbocycles. The Morgan fingerprint density at radius 3 is 2.28 bits per heavy atom. The number of nitrogen functional groups attached to an aromatic ring is 1. The van der Waals surface area contributed by atoms with Gasteiger partial charge in [-0.05, 0) is 30.3 Å². The third-order valence-electron chi connectivity index (χ3n) is 3.69. The molecule has 8 nitrogen and oxygen atoms in total. The van der Waals surface area contributed by atoms with E-state index in [1.165, 1.54) is 31.4 Å². The summed E-state index contributed by atoms with van der Waals surface area (Å²) in [5.41, 5.74) is 4.72. The Labute approximate surface area is 162 Å². The van der Waals surface area contributed by atoms with E-state index in [1.807, 2.05) is 0 Å². The molecule has 1 aromatic heterocycles. The maximum Gasteiger partial charge on any atom is 0.348 e. The zero-order valence-corrected chi connectivity index (χ0v) is 15.4. The Morgan fingerprint density at radius 1 is 1.03 bits per heavy atom. The van der Waals surface area contributed by atoms with Crippen LogP contribution in [-0.2, 0) is 10.0 Å². The molecule has 0 aliphatic rings. The minimum Gasteiger partial charge on any atom is -0.497 e. The van der Waals surface area contributed by atoms with Crippen molar-refractivity contribution in [1.82, 2.24) is 9.19 Å². The van der Waals surface area contributed by atoms with E-state index in [0.717, 1.165) is 6.07 Å². The molecule has 3 rings (SSSR count). The van der Waals surface area contributed by atoms with Crippen LogP contribution < -0.4 is 15.2 Å². The van der Waals surface area contributed by atoms with E-state index in [4.69, 9.17) is 15.2 Å². The number of esters is 1. The number of aromatic nitrogens is 2. The van der Waals surface area contributed by atoms with Crippen molar-refractivity contribution in [3.63, 3.8) is 0 Å². The van der Waals surface area contributed by atoms with Gasteiger partial charge in [-0.2, -0.15) is 8.42 Å². The molecule has 0 fully saturated rings. The molecule has 0 saturated carbocycles. The summed E-state index contributed by atoms with van der Waals surface area (Å²) in [6.07, 6.45) is 0. The number of ether oxygens (including phenoxy) is 2. The lowest BCUT2D eigenvalue weighted by molar-refractivity contribution is 0.0721. The van der Waals surface area contributed by atoms with Crippen LogP contribution >= 0.6 is 0 Å². The number of benzene rings is 2. The second-order valence-electron chi connectivity index (χ2n) is 5.57. The maximum atomic E-state index is 13.7. The number of nitrogens with two attached hydrogens (primary N) is 1. The topological polar surface area (TPSA) is 114 Å². The first-order chi connectivity index (χ1) is 13.6. The Morgan fingerprint density at radius 2 is 1.66 bits per heavy atom. The van der Waals surface area contributed by atoms with Crippen molar-refractivity contribution in [1.29, 1.82) is 0 Å². The van der Waals surface area contributed by atoms with Crippen LogP contribution in [0.25, 0.3) is 0 Å². The van der Waals surface area contributed by atoms with Crippen LogP contribution in [0.1, 0.15) is 10.4 Å². The summed E-state index contributed by atoms with van der Waals surface area (Å²) in [5.74, 6) is -6.33. The van der Waals surface area contributed by atoms with Gasteiger partial charge >= 0.3 is 5.97 Å². The van der Waals surface area contributed by atoms with Gasteiger partial charge in [0.1, 0.15) is 17.4 Å². The average Bonchev–Trinajstić information content (AvgIpc) is 3.05. The predicted octanol–water partition coefficient (Wildman–Crippen LogP) is 2.35. The van der Waals surface area contributed by atoms with Crippen LogP contribution in [-0.4, -0.2) is 30.7 Å². The number of methoxy groups -OCH3 is 1. The number of anilines is 1. The van der Waals surface area contributed by atoms with Crippen molar-refractivity contribution < 1.29 is 35.9 Å². The van der Waals surface area contributed by atoms with Crippen LogP contribution in [0.2, 0.25) is 0 Å². The second-order valence-corrected chi connectivity index (χ2v) is 7.33. The van der Waals surface area contributed by atoms with Gasteiger partial charge in [-0.15, -0.1) is 9.19 Å². The van der Waals surface area contributed by atoms with Gasteiger partial charge < -0.3 is 15.2 Å². The molecule has 0 radical (unpaired) electrons. The van der Waals surface area contributed by atoms with Crippen molar-refractivity contribution in [2.24, 2.45) is 0 Å². The fourth-order valence-electron chi connectivity index (χ4n) is 2.28. The molecule has 0 amide bonds. The van der Waals surface area contributed by atoms with Crippen molar-refractivity contribution in [2.45, 2.75) is 4.90 Å². The van der Waals surface area contributed by atoms with E-state index in [9.17, 15) is 26.4 Å². The van der Waals surface area contributed by atoms with Crippen LogP contribution in [0.15, 0.2) is 47.4 Å². The minimum absolute atomic E-state index is 0.174. The standard InChI is InChI=1S/C17H12F3N3O5S/c1-27-9-2-4-10(5-3-9)29(25,26)23-15(21)8-16(22-23)28-17(24)11-6-13(19)14(20)7-12(11)18/h2-8H,21H2,1H3. The molecule has 0 unspecified atom stereocenters. The third-order valence-corrected chi connectivity index (χ3v) is 5.31. The van der Waals surface area contributed by atoms with E-state index in [2.05, 4.69) is 5.10 Å². The van der Waals surface area contributed by atoms with E-state index >= 15 is 0 Å². The third kappa shape index (κ3) is 3.87. The first kappa shape index (κ1) is 20.2. The van der Waals surface area contributed by atoms with Crippen molar-refractivity contribution in [2.75, 3.05) is 12.8 Å². The highest BCUT2D eigenvalue weighted by atomic mass is 32.2. The first-order valence-electron chi connectivity index (χ1n) is 7.75. The normalized spacial score (nSPS) is 11.3. The molecule has 12 heteroatoms. The van der Waals surface area contributed by atoms with Crippen LogP contribution in [0, 0.1) is 17.5 Å². The summed E-state index contributed by atoms with van der Waals surface area (Å²) in [6.45, 7) is 0. The summed E-state index contributed by atoms with van der Waals surface area (Å²) < 4.78 is 75.3. The minimum atomic E-state index is -4.24. The highest BCUT2D eigenvalue weighted by Crippen LogP contribution is 2.24. The van der Waals surface area contributed by atoms with Crippen molar-refractivity contribution in [3.05, 3.63) is 65.5 Å². The Balaban J connectivity index is 1.90. The smallest absolute Gasteiger partial charge is 0.348 e. The molecule has 0 bridgehead atoms. The van der Waals surface area contributed by atoms with E-state index in [0.29, 0.717) is 15.9 Å². The lowest BCUT2D eigenvalue weighted by atomic mass is 10.2. The summed E-state index contributed by atoms with van der Waals surface area (Å²) in [4.78, 5) is 11.8. The lowest BCUT2D eigenvalue weighted by Gasteiger charge is -2.07. The Kier molecular flexibility index (Phi) is 5.20. The molecular weight excluding hydrogens is 415 g/mol. The van der Waals surface area contributed by atoms with Gasteiger partial charge in [0, 0.05) is 12.1 Å². The van der Waals surface area contributed by atoms with Gasteiger partial charge in [-0.1, -0.05) is 0 Å². The largest absolute Gasteiger partial charge is 0.497 e. The molecule has 2 aromatic carbocycles. The molecule has 2 N–H and O–H groups in total. The lowest BCUT2D eigenvalue weighted by Crippen LogP contribution is -2.17. The number of halogens is 3. The van der Waals surface area contributed by atoms with E-state index in [-0.39, 0.29) is 11.0 Å². The zero-order chi connectivity index (χ0) is 21.3. The summed E-state index contributed by atoms with van der Waals surface area (Å²) in [5, 5.41) is 3.57. The van der Waals surface area contributed by atoms with Gasteiger partial charge in [-0.3, -0.25) is 0 Å². The van der Waals surface area contributed by atoms with Crippen LogP contribution in [0.4, 0.5) is 19.0 Å². The van der Waals surface area contributed by atoms with Crippen LogP contribution in [0.5, 0.6) is 11.6 Å². The molecule has 0 atom stereocenters. The Bertz CT molecular complexity index is 1190. The molecule has 1 heterocycles. The summed E-state index contributed by atoms with van der Waals surface area (Å²) in [6, 6.07) is 6.68. The predicted molar refractivity (Wildman–Crippen MR) is 93.5 cm³/mol. The summed E-state index contributed by atoms with van der Waals surface area (Å²) >= 11 is 0. The highest BCUT2D eigenvalue weighted by Gasteiger charge is 2.24. The number of hydrogen-bond acceptors (Lipinski definition) is 7. The monoisotopic (exact) mass is 427 g/mol. The second kappa shape index (κ2) is 7.47. The summed E-state index contributed by atoms with van der Waals surface area (Å²) in [7, 11) is -2.84. The van der Waals surface area contributed by atoms with E-state index in [1.54, 1.807) is 0 Å². The molecule has 152 valence electrons. The fourth-order valence-corrected chi connectivity index (χ4v) is 3.47. The SMILES string of the molecule is COc1ccc(S(=O)(=O)n2nc(OC(=O)c3cc(F)c(F)cc3F)cc2N)cc1. The molecule has 3 aromatic rings. The Hall–Kier alpha value is -3.54. The molecular formula is C17H12F3N3O5S. The molecule has 0 saturated heterocycles. The number of nitrogens with zero attached hydrogens (tertiary/aromatic N) is 2. The average molecular weight is 427 g/mol. The number of carbonyl (C=O) groups excluding carboxylic acids is 1. The molecule has 29 heavy (non-hydrogen) atoms. The fraction of sp³-hybridized carbons (Fsp3) is 0.0588. The molecule has 0 spiro atoms. The quantitative estimate of drug-likeness (QED) is 0.491. The number of rotatable bonds is 5. The van der Waals surface area contributed by atoms with Gasteiger partial charge in [0.05, 0.1) is 17.6 Å². The zero-order valence-electron chi connectivity index (χ0n) is 14.6. The van der Waals surface area contributed by atoms with Crippen molar-refractivity contribution in [3.8, 4) is 11.6 Å². The van der Waals surface area contributed by atoms with Gasteiger partial charge in [-0.25, -0.2) is 18.0 Å². The highest BCUT2D eigenvalue weighted by molar-refractivity contribution is 7.90. The number of hydrogen-bond donors (Lipinski definition) is 1. The van der Waals surface area contributed by atoms with E-state index < -0.39 is 50.7 Å². The first-order valence-corrected chi connectivity index (χ1v) is 9.19. The molecule has 0 aliphatic heterocycles.